The summed E-state index contributed by atoms with van der Waals surface area (Å²) in [5.41, 5.74) is 1.03. The lowest BCUT2D eigenvalue weighted by Crippen LogP contribution is -2.27. The topological polar surface area (TPSA) is 63.1 Å². The Bertz CT molecular complexity index is 905. The van der Waals surface area contributed by atoms with E-state index < -0.39 is 0 Å². The number of carbonyl (C=O) groups is 1. The van der Waals surface area contributed by atoms with Crippen LogP contribution in [-0.4, -0.2) is 51.0 Å². The number of carbonyl (C=O) groups excluding carboxylic acids is 1. The molecule has 0 atom stereocenters. The number of hydrogen-bond donors (Lipinski definition) is 1. The third-order valence-corrected chi connectivity index (χ3v) is 6.75. The highest BCUT2D eigenvalue weighted by Gasteiger charge is 2.20. The number of aromatic nitrogens is 3. The highest BCUT2D eigenvalue weighted by Crippen LogP contribution is 2.23. The molecule has 1 saturated heterocycles. The normalized spacial score (nSPS) is 14.3. The minimum absolute atomic E-state index is 0.0234. The van der Waals surface area contributed by atoms with Gasteiger partial charge in [0.2, 0.25) is 5.91 Å². The molecule has 0 spiro atoms. The van der Waals surface area contributed by atoms with Gasteiger partial charge in [-0.3, -0.25) is 14.3 Å². The molecule has 8 heteroatoms. The number of thiophene rings is 1. The zero-order chi connectivity index (χ0) is 19.9. The molecule has 1 aromatic carbocycles. The maximum atomic E-state index is 12.3. The van der Waals surface area contributed by atoms with Gasteiger partial charge in [-0.05, 0) is 55.9 Å². The van der Waals surface area contributed by atoms with Crippen molar-refractivity contribution >= 4 is 29.0 Å². The quantitative estimate of drug-likeness (QED) is 0.531. The van der Waals surface area contributed by atoms with Crippen molar-refractivity contribution in [2.45, 2.75) is 31.0 Å². The number of benzene rings is 1. The van der Waals surface area contributed by atoms with Crippen LogP contribution in [0.2, 0.25) is 0 Å². The predicted octanol–water partition coefficient (Wildman–Crippen LogP) is 3.38. The van der Waals surface area contributed by atoms with Gasteiger partial charge in [0.1, 0.15) is 0 Å². The summed E-state index contributed by atoms with van der Waals surface area (Å²) >= 11 is 3.16. The fourth-order valence-electron chi connectivity index (χ4n) is 3.43. The molecule has 1 fully saturated rings. The molecule has 0 radical (unpaired) electrons. The van der Waals surface area contributed by atoms with Gasteiger partial charge in [0.15, 0.2) is 11.0 Å². The first kappa shape index (κ1) is 20.1. The van der Waals surface area contributed by atoms with E-state index >= 15 is 0 Å². The fraction of sp³-hybridized carbons (Fsp3) is 0.381. The zero-order valence-electron chi connectivity index (χ0n) is 16.3. The summed E-state index contributed by atoms with van der Waals surface area (Å²) in [6.45, 7) is 3.66. The molecule has 29 heavy (non-hydrogen) atoms. The van der Waals surface area contributed by atoms with Crippen LogP contribution in [0.3, 0.4) is 0 Å². The van der Waals surface area contributed by atoms with Crippen LogP contribution in [0.1, 0.15) is 23.5 Å². The molecule has 4 rings (SSSR count). The number of amides is 1. The summed E-state index contributed by atoms with van der Waals surface area (Å²) in [4.78, 5) is 16.0. The summed E-state index contributed by atoms with van der Waals surface area (Å²) in [5, 5.41) is 14.7. The van der Waals surface area contributed by atoms with Crippen LogP contribution in [0.15, 0.2) is 53.0 Å². The van der Waals surface area contributed by atoms with Gasteiger partial charge in [0, 0.05) is 17.1 Å². The Morgan fingerprint density at radius 1 is 1.10 bits per heavy atom. The van der Waals surface area contributed by atoms with Crippen LogP contribution in [0.4, 0.5) is 0 Å². The molecule has 1 aliphatic rings. The summed E-state index contributed by atoms with van der Waals surface area (Å²) in [6.07, 6.45) is 3.35. The Kier molecular flexibility index (Phi) is 6.97. The van der Waals surface area contributed by atoms with Gasteiger partial charge in [-0.2, -0.15) is 0 Å². The lowest BCUT2D eigenvalue weighted by molar-refractivity contribution is -0.118. The van der Waals surface area contributed by atoms with Crippen LogP contribution in [0.25, 0.3) is 5.69 Å². The minimum atomic E-state index is 0.0234. The second kappa shape index (κ2) is 10.0. The van der Waals surface area contributed by atoms with Crippen molar-refractivity contribution in [1.82, 2.24) is 25.0 Å². The average molecular weight is 428 g/mol. The molecule has 1 amide bonds. The van der Waals surface area contributed by atoms with E-state index in [0.29, 0.717) is 12.3 Å². The third-order valence-electron chi connectivity index (χ3n) is 4.88. The van der Waals surface area contributed by atoms with Crippen molar-refractivity contribution in [2.24, 2.45) is 0 Å². The van der Waals surface area contributed by atoms with E-state index in [1.807, 2.05) is 24.3 Å². The Morgan fingerprint density at radius 2 is 1.93 bits per heavy atom. The van der Waals surface area contributed by atoms with Crippen molar-refractivity contribution < 1.29 is 4.79 Å². The van der Waals surface area contributed by atoms with Gasteiger partial charge in [-0.1, -0.05) is 36.0 Å². The van der Waals surface area contributed by atoms with Gasteiger partial charge in [-0.25, -0.2) is 0 Å². The van der Waals surface area contributed by atoms with E-state index in [0.717, 1.165) is 42.7 Å². The minimum Gasteiger partial charge on any atom is -0.355 e. The van der Waals surface area contributed by atoms with E-state index in [1.165, 1.54) is 29.5 Å². The molecule has 152 valence electrons. The molecule has 1 aliphatic heterocycles. The van der Waals surface area contributed by atoms with Gasteiger partial charge in [0.05, 0.1) is 12.3 Å². The number of nitrogens with zero attached hydrogens (tertiary/aromatic N) is 4. The Hall–Kier alpha value is -2.16. The van der Waals surface area contributed by atoms with E-state index in [4.69, 9.17) is 0 Å². The summed E-state index contributed by atoms with van der Waals surface area (Å²) in [5.74, 6) is 1.29. The van der Waals surface area contributed by atoms with Crippen molar-refractivity contribution in [2.75, 3.05) is 25.4 Å². The van der Waals surface area contributed by atoms with Gasteiger partial charge >= 0.3 is 0 Å². The number of rotatable bonds is 9. The number of thioether (sulfide) groups is 1. The Balaban J connectivity index is 1.39. The first-order chi connectivity index (χ1) is 14.3. The molecule has 0 saturated carbocycles. The van der Waals surface area contributed by atoms with Crippen molar-refractivity contribution in [3.63, 3.8) is 0 Å². The van der Waals surface area contributed by atoms with Crippen LogP contribution in [0.5, 0.6) is 0 Å². The maximum absolute atomic E-state index is 12.3. The molecule has 6 nitrogen and oxygen atoms in total. The largest absolute Gasteiger partial charge is 0.355 e. The Labute approximate surface area is 179 Å². The van der Waals surface area contributed by atoms with Gasteiger partial charge in [-0.15, -0.1) is 21.5 Å². The summed E-state index contributed by atoms with van der Waals surface area (Å²) < 4.78 is 2.09. The first-order valence-electron chi connectivity index (χ1n) is 9.93. The smallest absolute Gasteiger partial charge is 0.230 e. The van der Waals surface area contributed by atoms with E-state index in [-0.39, 0.29) is 5.91 Å². The fourth-order valence-corrected chi connectivity index (χ4v) is 4.94. The standard InChI is InChI=1S/C21H25N5OS2/c27-20(22-11-10-18-9-6-14-28-18)16-29-21-24-23-19(15-25-12-4-5-13-25)26(21)17-7-2-1-3-8-17/h1-3,6-9,14H,4-5,10-13,15-16H2,(H,22,27). The number of para-hydroxylation sites is 1. The average Bonchev–Trinajstić information content (AvgIpc) is 3.50. The lowest BCUT2D eigenvalue weighted by Gasteiger charge is -2.15. The maximum Gasteiger partial charge on any atom is 0.230 e. The van der Waals surface area contributed by atoms with E-state index in [2.05, 4.69) is 48.6 Å². The van der Waals surface area contributed by atoms with Crippen molar-refractivity contribution in [3.05, 3.63) is 58.5 Å². The molecule has 3 heterocycles. The summed E-state index contributed by atoms with van der Waals surface area (Å²) in [7, 11) is 0. The van der Waals surface area contributed by atoms with Crippen LogP contribution < -0.4 is 5.32 Å². The molecule has 1 N–H and O–H groups in total. The second-order valence-electron chi connectivity index (χ2n) is 7.02. The highest BCUT2D eigenvalue weighted by atomic mass is 32.2. The molecular formula is C21H25N5OS2. The van der Waals surface area contributed by atoms with Gasteiger partial charge < -0.3 is 5.32 Å². The molecule has 2 aromatic heterocycles. The SMILES string of the molecule is O=C(CSc1nnc(CN2CCCC2)n1-c1ccccc1)NCCc1cccs1. The molecule has 0 unspecified atom stereocenters. The second-order valence-corrected chi connectivity index (χ2v) is 9.00. The predicted molar refractivity (Wildman–Crippen MR) is 118 cm³/mol. The molecule has 0 aliphatic carbocycles. The summed E-state index contributed by atoms with van der Waals surface area (Å²) in [6, 6.07) is 14.3. The van der Waals surface area contributed by atoms with Crippen molar-refractivity contribution in [3.8, 4) is 5.69 Å². The highest BCUT2D eigenvalue weighted by molar-refractivity contribution is 7.99. The van der Waals surface area contributed by atoms with E-state index in [9.17, 15) is 4.79 Å². The van der Waals surface area contributed by atoms with Crippen LogP contribution >= 0.6 is 23.1 Å². The first-order valence-corrected chi connectivity index (χ1v) is 11.8. The molecule has 0 bridgehead atoms. The van der Waals surface area contributed by atoms with Crippen molar-refractivity contribution in [1.29, 1.82) is 0 Å². The number of hydrogen-bond acceptors (Lipinski definition) is 6. The van der Waals surface area contributed by atoms with Gasteiger partial charge in [0.25, 0.3) is 0 Å². The van der Waals surface area contributed by atoms with Crippen LogP contribution in [-0.2, 0) is 17.8 Å². The third kappa shape index (κ3) is 5.46. The number of nitrogens with one attached hydrogen (secondary N) is 1. The molecular weight excluding hydrogens is 402 g/mol. The Morgan fingerprint density at radius 3 is 2.69 bits per heavy atom. The number of likely N-dealkylation sites (tertiary alicyclic amines) is 1. The molecule has 3 aromatic rings. The lowest BCUT2D eigenvalue weighted by atomic mass is 10.3. The van der Waals surface area contributed by atoms with E-state index in [1.54, 1.807) is 11.3 Å². The van der Waals surface area contributed by atoms with Crippen LogP contribution in [0, 0.1) is 0 Å². The monoisotopic (exact) mass is 427 g/mol. The zero-order valence-corrected chi connectivity index (χ0v) is 17.9.